The van der Waals surface area contributed by atoms with E-state index in [1.165, 1.54) is 22.6 Å². The average Bonchev–Trinajstić information content (AvgIpc) is 2.32. The number of halogens is 10. The summed E-state index contributed by atoms with van der Waals surface area (Å²) in [5.41, 5.74) is 0. The van der Waals surface area contributed by atoms with Gasteiger partial charge in [-0.05, 0) is 39.0 Å². The molecule has 0 nitrogen and oxygen atoms in total. The van der Waals surface area contributed by atoms with E-state index in [9.17, 15) is 39.5 Å². The van der Waals surface area contributed by atoms with Crippen LogP contribution in [0, 0.1) is 0 Å². The van der Waals surface area contributed by atoms with Gasteiger partial charge >= 0.3 is 23.9 Å². The molecule has 132 valence electrons. The lowest BCUT2D eigenvalue weighted by molar-refractivity contribution is -0.395. The topological polar surface area (TPSA) is 0 Å². The molecule has 0 saturated heterocycles. The van der Waals surface area contributed by atoms with Crippen molar-refractivity contribution < 1.29 is 39.5 Å². The molecule has 0 spiro atoms. The van der Waals surface area contributed by atoms with Crippen LogP contribution < -0.4 is 0 Å². The van der Waals surface area contributed by atoms with Crippen molar-refractivity contribution in [2.75, 3.05) is 0 Å². The van der Waals surface area contributed by atoms with Crippen molar-refractivity contribution in [2.45, 2.75) is 63.0 Å². The summed E-state index contributed by atoms with van der Waals surface area (Å²) in [6.45, 7) is 1.86. The van der Waals surface area contributed by atoms with E-state index in [4.69, 9.17) is 0 Å². The summed E-state index contributed by atoms with van der Waals surface area (Å²) in [7, 11) is 0. The second kappa shape index (κ2) is 7.61. The summed E-state index contributed by atoms with van der Waals surface area (Å²) < 4.78 is 113. The van der Waals surface area contributed by atoms with Gasteiger partial charge in [-0.2, -0.15) is 39.5 Å². The van der Waals surface area contributed by atoms with E-state index in [-0.39, 0.29) is 6.42 Å². The minimum absolute atomic E-state index is 0.253. The highest BCUT2D eigenvalue weighted by molar-refractivity contribution is 14.1. The van der Waals surface area contributed by atoms with Crippen LogP contribution in [0.2, 0.25) is 0 Å². The Morgan fingerprint density at radius 3 is 1.77 bits per heavy atom. The van der Waals surface area contributed by atoms with Crippen LogP contribution in [0.15, 0.2) is 9.66 Å². The first-order valence-corrected chi connectivity index (χ1v) is 7.33. The molecule has 0 N–H and O–H groups in total. The highest BCUT2D eigenvalue weighted by Gasteiger charge is 2.81. The molecule has 0 aromatic heterocycles. The summed E-state index contributed by atoms with van der Waals surface area (Å²) in [6.07, 6.45) is -5.12. The zero-order valence-corrected chi connectivity index (χ0v) is 13.6. The SMILES string of the molecule is CCCCC/C=C(\I)CC(F)(F)C(F)(F)C(F)(F)C(F)(F)F. The number of allylic oxidation sites excluding steroid dienone is 2. The molecule has 10 heteroatoms. The van der Waals surface area contributed by atoms with E-state index in [2.05, 4.69) is 0 Å². The van der Waals surface area contributed by atoms with Crippen molar-refractivity contribution in [3.05, 3.63) is 9.66 Å². The molecule has 0 unspecified atom stereocenters. The van der Waals surface area contributed by atoms with Crippen LogP contribution in [0.4, 0.5) is 39.5 Å². The van der Waals surface area contributed by atoms with Crippen LogP contribution in [-0.4, -0.2) is 23.9 Å². The molecule has 22 heavy (non-hydrogen) atoms. The Hall–Kier alpha value is -0.160. The molecule has 0 amide bonds. The highest BCUT2D eigenvalue weighted by atomic mass is 127. The Labute approximate surface area is 135 Å². The lowest BCUT2D eigenvalue weighted by Gasteiger charge is -2.33. The highest BCUT2D eigenvalue weighted by Crippen LogP contribution is 2.54. The van der Waals surface area contributed by atoms with Gasteiger partial charge in [-0.15, -0.1) is 0 Å². The maximum absolute atomic E-state index is 13.3. The number of hydrogen-bond donors (Lipinski definition) is 0. The fraction of sp³-hybridized carbons (Fsp3) is 0.833. The van der Waals surface area contributed by atoms with Crippen LogP contribution in [0.5, 0.6) is 0 Å². The van der Waals surface area contributed by atoms with E-state index in [0.29, 0.717) is 6.42 Å². The van der Waals surface area contributed by atoms with E-state index in [0.717, 1.165) is 18.9 Å². The summed E-state index contributed by atoms with van der Waals surface area (Å²) in [6, 6.07) is 0. The van der Waals surface area contributed by atoms with Gasteiger partial charge in [0.05, 0.1) is 0 Å². The smallest absolute Gasteiger partial charge is 0.199 e. The van der Waals surface area contributed by atoms with E-state index in [1.807, 2.05) is 6.92 Å². The summed E-state index contributed by atoms with van der Waals surface area (Å²) >= 11 is 1.23. The average molecular weight is 456 g/mol. The standard InChI is InChI=1S/C12H14F9I/c1-2-3-4-5-6-8(22)7-9(13,14)10(15,16)11(17,18)12(19,20)21/h6H,2-5,7H2,1H3/b8-6-. The number of unbranched alkanes of at least 4 members (excludes halogenated alkanes) is 3. The van der Waals surface area contributed by atoms with Crippen LogP contribution in [0.3, 0.4) is 0 Å². The van der Waals surface area contributed by atoms with Crippen LogP contribution in [0.25, 0.3) is 0 Å². The molecule has 0 aliphatic rings. The molecule has 0 aliphatic carbocycles. The zero-order valence-electron chi connectivity index (χ0n) is 11.4. The number of hydrogen-bond acceptors (Lipinski definition) is 0. The fourth-order valence-electron chi connectivity index (χ4n) is 1.46. The van der Waals surface area contributed by atoms with Gasteiger partial charge in [0.2, 0.25) is 0 Å². The maximum Gasteiger partial charge on any atom is 0.460 e. The molecule has 0 radical (unpaired) electrons. The molecule has 0 aromatic rings. The van der Waals surface area contributed by atoms with Crippen LogP contribution in [-0.2, 0) is 0 Å². The molecule has 0 fully saturated rings. The van der Waals surface area contributed by atoms with E-state index >= 15 is 0 Å². The van der Waals surface area contributed by atoms with Gasteiger partial charge < -0.3 is 0 Å². The first-order chi connectivity index (χ1) is 9.70. The van der Waals surface area contributed by atoms with E-state index in [1.54, 1.807) is 0 Å². The van der Waals surface area contributed by atoms with Crippen molar-refractivity contribution in [1.82, 2.24) is 0 Å². The molecular weight excluding hydrogens is 442 g/mol. The van der Waals surface area contributed by atoms with Crippen LogP contribution in [0.1, 0.15) is 39.0 Å². The fourth-order valence-corrected chi connectivity index (χ4v) is 2.25. The normalized spacial score (nSPS) is 15.3. The molecule has 0 atom stereocenters. The third-order valence-corrected chi connectivity index (χ3v) is 3.60. The first-order valence-electron chi connectivity index (χ1n) is 6.25. The van der Waals surface area contributed by atoms with Gasteiger partial charge in [0, 0.05) is 6.42 Å². The molecule has 0 heterocycles. The Morgan fingerprint density at radius 1 is 0.864 bits per heavy atom. The zero-order chi connectivity index (χ0) is 17.8. The molecule has 0 aliphatic heterocycles. The lowest BCUT2D eigenvalue weighted by atomic mass is 10.0. The lowest BCUT2D eigenvalue weighted by Crippen LogP contribution is -2.60. The molecule has 0 saturated carbocycles. The largest absolute Gasteiger partial charge is 0.460 e. The van der Waals surface area contributed by atoms with Gasteiger partial charge in [0.1, 0.15) is 0 Å². The Morgan fingerprint density at radius 2 is 1.36 bits per heavy atom. The Kier molecular flexibility index (Phi) is 7.55. The van der Waals surface area contributed by atoms with Crippen molar-refractivity contribution >= 4 is 22.6 Å². The van der Waals surface area contributed by atoms with Gasteiger partial charge in [-0.1, -0.05) is 25.8 Å². The summed E-state index contributed by atoms with van der Waals surface area (Å²) in [5, 5.41) is 0. The summed E-state index contributed by atoms with van der Waals surface area (Å²) in [4.78, 5) is 0. The Bertz CT molecular complexity index is 385. The quantitative estimate of drug-likeness (QED) is 0.216. The molecular formula is C12H14F9I. The Balaban J connectivity index is 5.13. The van der Waals surface area contributed by atoms with Crippen LogP contribution >= 0.6 is 22.6 Å². The third-order valence-electron chi connectivity index (χ3n) is 2.77. The molecule has 0 rings (SSSR count). The van der Waals surface area contributed by atoms with Gasteiger partial charge in [0.15, 0.2) is 0 Å². The third kappa shape index (κ3) is 4.92. The monoisotopic (exact) mass is 456 g/mol. The maximum atomic E-state index is 13.3. The van der Waals surface area contributed by atoms with Gasteiger partial charge in [-0.25, -0.2) is 0 Å². The molecule has 0 aromatic carbocycles. The summed E-state index contributed by atoms with van der Waals surface area (Å²) in [5.74, 6) is -18.9. The molecule has 0 bridgehead atoms. The minimum atomic E-state index is -6.82. The predicted molar refractivity (Wildman–Crippen MR) is 71.8 cm³/mol. The van der Waals surface area contributed by atoms with Crippen molar-refractivity contribution in [1.29, 1.82) is 0 Å². The van der Waals surface area contributed by atoms with E-state index < -0.39 is 33.9 Å². The number of alkyl halides is 9. The number of rotatable bonds is 8. The predicted octanol–water partition coefficient (Wildman–Crippen LogP) is 6.74. The van der Waals surface area contributed by atoms with Crippen molar-refractivity contribution in [3.63, 3.8) is 0 Å². The van der Waals surface area contributed by atoms with Crippen molar-refractivity contribution in [2.24, 2.45) is 0 Å². The minimum Gasteiger partial charge on any atom is -0.199 e. The second-order valence-electron chi connectivity index (χ2n) is 4.67. The van der Waals surface area contributed by atoms with Crippen molar-refractivity contribution in [3.8, 4) is 0 Å². The second-order valence-corrected chi connectivity index (χ2v) is 6.06. The first kappa shape index (κ1) is 21.8. The van der Waals surface area contributed by atoms with Gasteiger partial charge in [-0.3, -0.25) is 0 Å². The van der Waals surface area contributed by atoms with Gasteiger partial charge in [0.25, 0.3) is 0 Å².